The second-order valence-electron chi connectivity index (χ2n) is 7.25. The highest BCUT2D eigenvalue weighted by atomic mass is 32.2. The van der Waals surface area contributed by atoms with Gasteiger partial charge in [-0.2, -0.15) is 11.8 Å². The van der Waals surface area contributed by atoms with Crippen LogP contribution < -0.4 is 16.4 Å². The topological polar surface area (TPSA) is 144 Å². The molecule has 0 radical (unpaired) electrons. The third-order valence-corrected chi connectivity index (χ3v) is 6.43. The van der Waals surface area contributed by atoms with Gasteiger partial charge in [-0.1, -0.05) is 0 Å². The number of nitrogens with zero attached hydrogens (tertiary/aromatic N) is 1. The lowest BCUT2D eigenvalue weighted by Gasteiger charge is -2.18. The number of hydrogen-bond acceptors (Lipinski definition) is 7. The summed E-state index contributed by atoms with van der Waals surface area (Å²) in [5, 5.41) is 14.9. The number of carboxylic acid groups (broad SMARTS) is 1. The Morgan fingerprint density at radius 1 is 1.34 bits per heavy atom. The number of carbonyl (C=O) groups excluding carboxylic acids is 3. The quantitative estimate of drug-likeness (QED) is 0.485. The molecule has 156 valence electrons. The third-order valence-electron chi connectivity index (χ3n) is 5.37. The van der Waals surface area contributed by atoms with Gasteiger partial charge in [-0.15, -0.1) is 0 Å². The van der Waals surface area contributed by atoms with Crippen LogP contribution in [-0.2, 0) is 28.3 Å². The smallest absolute Gasteiger partial charge is 0.327 e. The van der Waals surface area contributed by atoms with Crippen molar-refractivity contribution in [1.29, 1.82) is 0 Å². The van der Waals surface area contributed by atoms with E-state index in [2.05, 4.69) is 10.6 Å². The molecule has 10 heteroatoms. The Balaban J connectivity index is 1.93. The molecule has 1 aliphatic heterocycles. The summed E-state index contributed by atoms with van der Waals surface area (Å²) < 4.78 is 1.89. The van der Waals surface area contributed by atoms with Crippen LogP contribution in [0.2, 0.25) is 0 Å². The first-order chi connectivity index (χ1) is 13.7. The zero-order chi connectivity index (χ0) is 21.5. The van der Waals surface area contributed by atoms with E-state index in [9.17, 15) is 24.3 Å². The molecule has 0 unspecified atom stereocenters. The Morgan fingerprint density at radius 2 is 2.03 bits per heavy atom. The maximum Gasteiger partial charge on any atom is 0.327 e. The second-order valence-corrected chi connectivity index (χ2v) is 8.28. The van der Waals surface area contributed by atoms with E-state index in [0.29, 0.717) is 30.0 Å². The Kier molecular flexibility index (Phi) is 5.85. The zero-order valence-electron chi connectivity index (χ0n) is 16.5. The number of carboxylic acids is 1. The number of likely N-dealkylation sites (N-methyl/N-ethyl adjacent to an activating group) is 1. The van der Waals surface area contributed by atoms with E-state index in [0.717, 1.165) is 11.3 Å². The van der Waals surface area contributed by atoms with Crippen LogP contribution in [0.1, 0.15) is 46.0 Å². The highest BCUT2D eigenvalue weighted by molar-refractivity contribution is 7.98. The van der Waals surface area contributed by atoms with E-state index in [4.69, 9.17) is 5.73 Å². The van der Waals surface area contributed by atoms with E-state index >= 15 is 0 Å². The van der Waals surface area contributed by atoms with E-state index in [1.54, 1.807) is 6.92 Å². The van der Waals surface area contributed by atoms with Gasteiger partial charge in [-0.05, 0) is 19.5 Å². The molecule has 0 fully saturated rings. The average Bonchev–Trinajstić information content (AvgIpc) is 3.20. The number of hydrogen-bond donors (Lipinski definition) is 4. The van der Waals surface area contributed by atoms with Crippen LogP contribution in [0.25, 0.3) is 0 Å². The van der Waals surface area contributed by atoms with Gasteiger partial charge in [0.05, 0.1) is 11.3 Å². The maximum atomic E-state index is 12.9. The van der Waals surface area contributed by atoms with E-state index in [-0.39, 0.29) is 34.6 Å². The summed E-state index contributed by atoms with van der Waals surface area (Å²) in [5.41, 5.74) is 8.45. The van der Waals surface area contributed by atoms with Gasteiger partial charge in [0.1, 0.15) is 11.7 Å². The molecule has 0 aromatic carbocycles. The van der Waals surface area contributed by atoms with Crippen LogP contribution in [0, 0.1) is 0 Å². The van der Waals surface area contributed by atoms with Gasteiger partial charge in [0, 0.05) is 48.7 Å². The minimum atomic E-state index is -1.12. The number of aromatic nitrogens is 1. The minimum Gasteiger partial charge on any atom is -0.480 e. The molecular formula is C19H24N4O5S. The van der Waals surface area contributed by atoms with Crippen molar-refractivity contribution in [1.82, 2.24) is 15.2 Å². The standard InChI is InChI=1S/C19H24N4O5S/c1-8-15(20)18(26)14-11(6-29-7-12(19(27)28)22-9(2)24)13-4-10(21-3)5-23(13)16(14)17(8)25/h10,12,21H,4-7,20H2,1-3H3,(H,22,24)(H,27,28)/t10-,12+/m1/s1. The normalized spacial score (nSPS) is 19.2. The predicted octanol–water partition coefficient (Wildman–Crippen LogP) is 0.0664. The summed E-state index contributed by atoms with van der Waals surface area (Å²) in [6.45, 7) is 3.40. The van der Waals surface area contributed by atoms with Crippen molar-refractivity contribution in [2.45, 2.75) is 44.6 Å². The van der Waals surface area contributed by atoms with Crippen molar-refractivity contribution < 1.29 is 24.3 Å². The van der Waals surface area contributed by atoms with Crippen molar-refractivity contribution in [3.8, 4) is 0 Å². The van der Waals surface area contributed by atoms with Gasteiger partial charge in [0.2, 0.25) is 17.5 Å². The van der Waals surface area contributed by atoms with E-state index < -0.39 is 17.9 Å². The summed E-state index contributed by atoms with van der Waals surface area (Å²) >= 11 is 1.29. The lowest BCUT2D eigenvalue weighted by Crippen LogP contribution is -2.41. The molecule has 1 aromatic heterocycles. The number of carbonyl (C=O) groups is 4. The molecule has 0 saturated heterocycles. The van der Waals surface area contributed by atoms with Crippen LogP contribution in [0.4, 0.5) is 0 Å². The van der Waals surface area contributed by atoms with Crippen LogP contribution >= 0.6 is 11.8 Å². The second kappa shape index (κ2) is 8.03. The predicted molar refractivity (Wildman–Crippen MR) is 108 cm³/mol. The molecule has 29 heavy (non-hydrogen) atoms. The number of amides is 1. The molecule has 5 N–H and O–H groups in total. The fourth-order valence-electron chi connectivity index (χ4n) is 3.81. The van der Waals surface area contributed by atoms with Crippen LogP contribution in [0.3, 0.4) is 0 Å². The fourth-order valence-corrected chi connectivity index (χ4v) is 4.90. The van der Waals surface area contributed by atoms with Crippen LogP contribution in [0.15, 0.2) is 11.3 Å². The van der Waals surface area contributed by atoms with E-state index in [1.165, 1.54) is 18.7 Å². The monoisotopic (exact) mass is 420 g/mol. The Morgan fingerprint density at radius 3 is 2.62 bits per heavy atom. The van der Waals surface area contributed by atoms with Gasteiger partial charge < -0.3 is 26.0 Å². The molecule has 3 rings (SSSR count). The molecule has 0 saturated carbocycles. The first-order valence-corrected chi connectivity index (χ1v) is 10.4. The lowest BCUT2D eigenvalue weighted by molar-refractivity contribution is -0.140. The minimum absolute atomic E-state index is 0.0372. The van der Waals surface area contributed by atoms with Crippen molar-refractivity contribution in [2.24, 2.45) is 5.73 Å². The van der Waals surface area contributed by atoms with Crippen LogP contribution in [0.5, 0.6) is 0 Å². The number of rotatable bonds is 7. The molecule has 0 bridgehead atoms. The van der Waals surface area contributed by atoms with Gasteiger partial charge in [-0.3, -0.25) is 14.4 Å². The largest absolute Gasteiger partial charge is 0.480 e. The molecule has 1 amide bonds. The zero-order valence-corrected chi connectivity index (χ0v) is 17.3. The lowest BCUT2D eigenvalue weighted by atomic mass is 9.90. The number of Topliss-reactive ketones (excluding diaryl/α,β-unsaturated/α-hetero) is 2. The molecule has 2 heterocycles. The summed E-state index contributed by atoms with van der Waals surface area (Å²) in [6.07, 6.45) is 0.660. The molecular weight excluding hydrogens is 396 g/mol. The molecule has 1 aromatic rings. The number of fused-ring (bicyclic) bond motifs is 3. The highest BCUT2D eigenvalue weighted by Gasteiger charge is 2.40. The molecule has 0 spiro atoms. The summed E-state index contributed by atoms with van der Waals surface area (Å²) in [5.74, 6) is -1.67. The first-order valence-electron chi connectivity index (χ1n) is 9.22. The maximum absolute atomic E-state index is 12.9. The Bertz CT molecular complexity index is 949. The SMILES string of the molecule is CN[C@@H]1Cc2c(CSC[C@H](NC(C)=O)C(=O)O)c3c(n2C1)C(=O)C(C)=C(N)C3=O. The molecule has 2 aliphatic rings. The molecule has 2 atom stereocenters. The van der Waals surface area contributed by atoms with Gasteiger partial charge >= 0.3 is 5.97 Å². The summed E-state index contributed by atoms with van der Waals surface area (Å²) in [7, 11) is 1.85. The number of thioether (sulfide) groups is 1. The Hall–Kier alpha value is -2.59. The Labute approximate surface area is 172 Å². The average molecular weight is 420 g/mol. The number of nitrogens with one attached hydrogen (secondary N) is 2. The van der Waals surface area contributed by atoms with Crippen LogP contribution in [-0.4, -0.2) is 58.0 Å². The number of nitrogens with two attached hydrogens (primary N) is 1. The number of allylic oxidation sites excluding steroid dienone is 2. The fraction of sp³-hybridized carbons (Fsp3) is 0.474. The van der Waals surface area contributed by atoms with Crippen molar-refractivity contribution >= 4 is 35.2 Å². The summed E-state index contributed by atoms with van der Waals surface area (Å²) in [6, 6.07) is -0.879. The van der Waals surface area contributed by atoms with Gasteiger partial charge in [0.15, 0.2) is 0 Å². The number of aliphatic carboxylic acids is 1. The first kappa shape index (κ1) is 21.1. The van der Waals surface area contributed by atoms with Crippen molar-refractivity contribution in [2.75, 3.05) is 12.8 Å². The van der Waals surface area contributed by atoms with Crippen molar-refractivity contribution in [3.63, 3.8) is 0 Å². The van der Waals surface area contributed by atoms with Gasteiger partial charge in [-0.25, -0.2) is 4.79 Å². The molecule has 1 aliphatic carbocycles. The number of ketones is 2. The highest BCUT2D eigenvalue weighted by Crippen LogP contribution is 2.37. The third kappa shape index (κ3) is 3.69. The van der Waals surface area contributed by atoms with Crippen molar-refractivity contribution in [3.05, 3.63) is 33.8 Å². The van der Waals surface area contributed by atoms with E-state index in [1.807, 2.05) is 11.6 Å². The summed E-state index contributed by atoms with van der Waals surface area (Å²) in [4.78, 5) is 48.3. The van der Waals surface area contributed by atoms with Gasteiger partial charge in [0.25, 0.3) is 0 Å². The molecule has 9 nitrogen and oxygen atoms in total.